The number of ether oxygens (including phenoxy) is 1. The average Bonchev–Trinajstić information content (AvgIpc) is 2.56. The molecular weight excluding hydrogens is 256 g/mol. The third-order valence-corrected chi connectivity index (χ3v) is 3.38. The largest absolute Gasteiger partial charge is 0.380 e. The third kappa shape index (κ3) is 4.73. The predicted molar refractivity (Wildman–Crippen MR) is 90.5 cm³/mol. The molecule has 0 saturated heterocycles. The summed E-state index contributed by atoms with van der Waals surface area (Å²) in [5.41, 5.74) is 2.63. The molecule has 0 unspecified atom stereocenters. The summed E-state index contributed by atoms with van der Waals surface area (Å²) in [6.45, 7) is 2.89. The van der Waals surface area contributed by atoms with Crippen LogP contribution in [0.5, 0.6) is 0 Å². The molecule has 0 atom stereocenters. The molecule has 0 amide bonds. The van der Waals surface area contributed by atoms with Crippen LogP contribution < -0.4 is 0 Å². The molecule has 1 heteroatoms. The number of fused-ring (bicyclic) bond motifs is 1. The molecule has 21 heavy (non-hydrogen) atoms. The highest BCUT2D eigenvalue weighted by molar-refractivity contribution is 5.82. The van der Waals surface area contributed by atoms with Crippen molar-refractivity contribution in [2.45, 2.75) is 20.0 Å². The molecule has 108 valence electrons. The van der Waals surface area contributed by atoms with Crippen molar-refractivity contribution in [2.75, 3.05) is 7.11 Å². The van der Waals surface area contributed by atoms with Crippen molar-refractivity contribution >= 4 is 10.8 Å². The van der Waals surface area contributed by atoms with Gasteiger partial charge in [0.25, 0.3) is 0 Å². The number of aryl methyl sites for hydroxylation is 1. The van der Waals surface area contributed by atoms with Gasteiger partial charge >= 0.3 is 0 Å². The summed E-state index contributed by atoms with van der Waals surface area (Å²) in [5.74, 6) is 0. The molecule has 0 bridgehead atoms. The molecule has 0 spiro atoms. The first-order valence-corrected chi connectivity index (χ1v) is 7.34. The highest BCUT2D eigenvalue weighted by Gasteiger charge is 1.92. The fourth-order valence-electron chi connectivity index (χ4n) is 2.20. The van der Waals surface area contributed by atoms with Gasteiger partial charge in [0.1, 0.15) is 0 Å². The lowest BCUT2D eigenvalue weighted by molar-refractivity contribution is 0.185. The van der Waals surface area contributed by atoms with Gasteiger partial charge in [-0.05, 0) is 28.3 Å². The van der Waals surface area contributed by atoms with Crippen LogP contribution in [-0.4, -0.2) is 7.11 Å². The van der Waals surface area contributed by atoms with Gasteiger partial charge in [0.2, 0.25) is 0 Å². The summed E-state index contributed by atoms with van der Waals surface area (Å²) in [4.78, 5) is 0. The van der Waals surface area contributed by atoms with E-state index in [1.807, 2.05) is 30.3 Å². The van der Waals surface area contributed by atoms with Gasteiger partial charge in [-0.25, -0.2) is 0 Å². The molecule has 0 N–H and O–H groups in total. The normalized spacial score (nSPS) is 10.0. The number of hydrogen-bond acceptors (Lipinski definition) is 1. The molecule has 0 aliphatic carbocycles. The molecule has 0 aliphatic heterocycles. The van der Waals surface area contributed by atoms with E-state index in [-0.39, 0.29) is 0 Å². The highest BCUT2D eigenvalue weighted by Crippen LogP contribution is 2.15. The van der Waals surface area contributed by atoms with Crippen LogP contribution in [0.3, 0.4) is 0 Å². The summed E-state index contributed by atoms with van der Waals surface area (Å²) in [5, 5.41) is 2.67. The maximum Gasteiger partial charge on any atom is 0.0713 e. The van der Waals surface area contributed by atoms with Crippen molar-refractivity contribution < 1.29 is 4.74 Å². The minimum Gasteiger partial charge on any atom is -0.380 e. The van der Waals surface area contributed by atoms with Gasteiger partial charge in [-0.15, -0.1) is 0 Å². The van der Waals surface area contributed by atoms with E-state index in [1.54, 1.807) is 7.11 Å². The molecule has 0 aliphatic rings. The Balaban J connectivity index is 0.000000161. The minimum atomic E-state index is 0.709. The Morgan fingerprint density at radius 2 is 1.38 bits per heavy atom. The lowest BCUT2D eigenvalue weighted by Crippen LogP contribution is -1.84. The Kier molecular flexibility index (Phi) is 5.99. The number of benzene rings is 3. The number of methoxy groups -OCH3 is 1. The topological polar surface area (TPSA) is 9.23 Å². The molecule has 3 aromatic rings. The first kappa shape index (κ1) is 15.3. The molecule has 0 saturated carbocycles. The summed E-state index contributed by atoms with van der Waals surface area (Å²) in [6.07, 6.45) is 1.12. The van der Waals surface area contributed by atoms with Gasteiger partial charge in [0, 0.05) is 7.11 Å². The fraction of sp³-hybridized carbons (Fsp3) is 0.200. The van der Waals surface area contributed by atoms with E-state index in [0.717, 1.165) is 6.42 Å². The van der Waals surface area contributed by atoms with Crippen molar-refractivity contribution in [3.63, 3.8) is 0 Å². The zero-order valence-corrected chi connectivity index (χ0v) is 12.8. The number of hydrogen-bond donors (Lipinski definition) is 0. The second kappa shape index (κ2) is 8.23. The van der Waals surface area contributed by atoms with Crippen LogP contribution in [-0.2, 0) is 17.8 Å². The molecule has 0 radical (unpaired) electrons. The monoisotopic (exact) mass is 278 g/mol. The quantitative estimate of drug-likeness (QED) is 0.637. The van der Waals surface area contributed by atoms with E-state index in [1.165, 1.54) is 21.9 Å². The van der Waals surface area contributed by atoms with Crippen LogP contribution >= 0.6 is 0 Å². The van der Waals surface area contributed by atoms with Gasteiger partial charge < -0.3 is 4.74 Å². The van der Waals surface area contributed by atoms with E-state index < -0.39 is 0 Å². The van der Waals surface area contributed by atoms with Crippen LogP contribution in [0.4, 0.5) is 0 Å². The van der Waals surface area contributed by atoms with Crippen molar-refractivity contribution in [3.05, 3.63) is 83.9 Å². The maximum atomic E-state index is 4.93. The molecule has 0 aromatic heterocycles. The van der Waals surface area contributed by atoms with Gasteiger partial charge in [-0.2, -0.15) is 0 Å². The smallest absolute Gasteiger partial charge is 0.0713 e. The Bertz CT molecular complexity index is 659. The van der Waals surface area contributed by atoms with Gasteiger partial charge in [-0.1, -0.05) is 79.7 Å². The lowest BCUT2D eigenvalue weighted by atomic mass is 10.1. The minimum absolute atomic E-state index is 0.709. The molecule has 3 rings (SSSR count). The van der Waals surface area contributed by atoms with Gasteiger partial charge in [0.05, 0.1) is 6.61 Å². The SMILES string of the molecule is CCc1ccc2ccccc2c1.COCc1ccccc1. The third-order valence-electron chi connectivity index (χ3n) is 3.38. The molecule has 1 nitrogen and oxygen atoms in total. The van der Waals surface area contributed by atoms with Crippen LogP contribution in [0, 0.1) is 0 Å². The first-order valence-electron chi connectivity index (χ1n) is 7.34. The van der Waals surface area contributed by atoms with Gasteiger partial charge in [-0.3, -0.25) is 0 Å². The van der Waals surface area contributed by atoms with E-state index in [9.17, 15) is 0 Å². The molecular formula is C20H22O. The van der Waals surface area contributed by atoms with E-state index in [2.05, 4.69) is 49.4 Å². The summed E-state index contributed by atoms with van der Waals surface area (Å²) < 4.78 is 4.93. The maximum absolute atomic E-state index is 4.93. The molecule has 0 heterocycles. The standard InChI is InChI=1S/C12H12.C8H10O/c1-2-10-7-8-11-5-3-4-6-12(11)9-10;1-9-7-8-5-3-2-4-6-8/h3-9H,2H2,1H3;2-6H,7H2,1H3. The van der Waals surface area contributed by atoms with E-state index in [4.69, 9.17) is 4.74 Å². The second-order valence-corrected chi connectivity index (χ2v) is 4.95. The van der Waals surface area contributed by atoms with Gasteiger partial charge in [0.15, 0.2) is 0 Å². The fourth-order valence-corrected chi connectivity index (χ4v) is 2.20. The van der Waals surface area contributed by atoms with Crippen LogP contribution in [0.1, 0.15) is 18.1 Å². The Labute approximate surface area is 127 Å². The highest BCUT2D eigenvalue weighted by atomic mass is 16.5. The first-order chi connectivity index (χ1) is 10.3. The summed E-state index contributed by atoms with van der Waals surface area (Å²) in [6, 6.07) is 25.2. The lowest BCUT2D eigenvalue weighted by Gasteiger charge is -1.99. The zero-order chi connectivity index (χ0) is 14.9. The Morgan fingerprint density at radius 1 is 0.714 bits per heavy atom. The summed E-state index contributed by atoms with van der Waals surface area (Å²) >= 11 is 0. The Hall–Kier alpha value is -2.12. The van der Waals surface area contributed by atoms with Crippen molar-refractivity contribution in [1.29, 1.82) is 0 Å². The number of rotatable bonds is 3. The molecule has 0 fully saturated rings. The van der Waals surface area contributed by atoms with Crippen LogP contribution in [0.25, 0.3) is 10.8 Å². The van der Waals surface area contributed by atoms with Crippen LogP contribution in [0.2, 0.25) is 0 Å². The van der Waals surface area contributed by atoms with Crippen molar-refractivity contribution in [3.8, 4) is 0 Å². The van der Waals surface area contributed by atoms with Crippen LogP contribution in [0.15, 0.2) is 72.8 Å². The molecule has 3 aromatic carbocycles. The van der Waals surface area contributed by atoms with Crippen molar-refractivity contribution in [2.24, 2.45) is 0 Å². The van der Waals surface area contributed by atoms with Crippen molar-refractivity contribution in [1.82, 2.24) is 0 Å². The zero-order valence-electron chi connectivity index (χ0n) is 12.8. The van der Waals surface area contributed by atoms with E-state index in [0.29, 0.717) is 6.61 Å². The summed E-state index contributed by atoms with van der Waals surface area (Å²) in [7, 11) is 1.70. The Morgan fingerprint density at radius 3 is 2.05 bits per heavy atom. The predicted octanol–water partition coefficient (Wildman–Crippen LogP) is 5.24. The second-order valence-electron chi connectivity index (χ2n) is 4.95. The van der Waals surface area contributed by atoms with E-state index >= 15 is 0 Å². The average molecular weight is 278 g/mol.